The fourth-order valence-corrected chi connectivity index (χ4v) is 2.22. The van der Waals surface area contributed by atoms with Crippen LogP contribution in [0, 0.1) is 12.8 Å². The van der Waals surface area contributed by atoms with E-state index >= 15 is 0 Å². The van der Waals surface area contributed by atoms with Crippen LogP contribution in [0.2, 0.25) is 0 Å². The number of aromatic amines is 1. The standard InChI is InChI=1S/C15H22N4O3/c1-4-9(2)12(20)8-16-14(21)7-11-10(3)18-13-5-6-17-19(13)15(11)22/h5-6,9,12,17,20H,4,7-8H2,1-3H3,(H,16,21). The van der Waals surface area contributed by atoms with E-state index in [1.54, 1.807) is 19.2 Å². The van der Waals surface area contributed by atoms with E-state index in [0.717, 1.165) is 6.42 Å². The molecule has 2 unspecified atom stereocenters. The minimum Gasteiger partial charge on any atom is -0.391 e. The zero-order valence-electron chi connectivity index (χ0n) is 13.1. The topological polar surface area (TPSA) is 99.5 Å². The molecule has 0 aliphatic heterocycles. The first-order valence-electron chi connectivity index (χ1n) is 7.44. The molecular formula is C15H22N4O3. The average Bonchev–Trinajstić information content (AvgIpc) is 2.96. The number of carbonyl (C=O) groups excluding carboxylic acids is 1. The van der Waals surface area contributed by atoms with Gasteiger partial charge in [0.15, 0.2) is 5.65 Å². The van der Waals surface area contributed by atoms with Gasteiger partial charge >= 0.3 is 0 Å². The van der Waals surface area contributed by atoms with Crippen molar-refractivity contribution in [3.8, 4) is 0 Å². The van der Waals surface area contributed by atoms with Crippen molar-refractivity contribution in [2.75, 3.05) is 6.54 Å². The summed E-state index contributed by atoms with van der Waals surface area (Å²) >= 11 is 0. The van der Waals surface area contributed by atoms with E-state index in [1.165, 1.54) is 4.52 Å². The molecule has 22 heavy (non-hydrogen) atoms. The zero-order chi connectivity index (χ0) is 16.3. The second-order valence-corrected chi connectivity index (χ2v) is 5.57. The monoisotopic (exact) mass is 306 g/mol. The first-order valence-corrected chi connectivity index (χ1v) is 7.44. The van der Waals surface area contributed by atoms with Gasteiger partial charge in [-0.25, -0.2) is 9.50 Å². The van der Waals surface area contributed by atoms with Gasteiger partial charge in [-0.15, -0.1) is 0 Å². The largest absolute Gasteiger partial charge is 0.391 e. The van der Waals surface area contributed by atoms with Crippen LogP contribution in [0.1, 0.15) is 31.5 Å². The Hall–Kier alpha value is -2.15. The number of rotatable bonds is 6. The number of carbonyl (C=O) groups is 1. The molecule has 0 saturated carbocycles. The Kier molecular flexibility index (Phi) is 4.97. The molecule has 2 atom stereocenters. The lowest BCUT2D eigenvalue weighted by atomic mass is 10.0. The predicted octanol–water partition coefficient (Wildman–Crippen LogP) is 0.397. The van der Waals surface area contributed by atoms with Crippen LogP contribution in [0.15, 0.2) is 17.1 Å². The van der Waals surface area contributed by atoms with Crippen molar-refractivity contribution in [1.29, 1.82) is 0 Å². The number of fused-ring (bicyclic) bond motifs is 1. The molecule has 0 radical (unpaired) electrons. The van der Waals surface area contributed by atoms with Gasteiger partial charge in [0.1, 0.15) is 0 Å². The number of hydrogen-bond donors (Lipinski definition) is 3. The van der Waals surface area contributed by atoms with Crippen LogP contribution in [0.5, 0.6) is 0 Å². The quantitative estimate of drug-likeness (QED) is 0.719. The number of aliphatic hydroxyl groups is 1. The maximum absolute atomic E-state index is 12.3. The second kappa shape index (κ2) is 6.74. The highest BCUT2D eigenvalue weighted by molar-refractivity contribution is 5.78. The van der Waals surface area contributed by atoms with E-state index in [0.29, 0.717) is 16.9 Å². The van der Waals surface area contributed by atoms with E-state index in [4.69, 9.17) is 0 Å². The Morgan fingerprint density at radius 3 is 2.95 bits per heavy atom. The van der Waals surface area contributed by atoms with Gasteiger partial charge in [-0.2, -0.15) is 0 Å². The van der Waals surface area contributed by atoms with Crippen molar-refractivity contribution < 1.29 is 9.90 Å². The molecule has 0 saturated heterocycles. The molecule has 0 aliphatic carbocycles. The Morgan fingerprint density at radius 1 is 1.55 bits per heavy atom. The van der Waals surface area contributed by atoms with E-state index < -0.39 is 6.10 Å². The predicted molar refractivity (Wildman–Crippen MR) is 82.7 cm³/mol. The maximum atomic E-state index is 12.3. The van der Waals surface area contributed by atoms with Crippen LogP contribution >= 0.6 is 0 Å². The molecule has 2 rings (SSSR count). The summed E-state index contributed by atoms with van der Waals surface area (Å²) in [7, 11) is 0. The Balaban J connectivity index is 2.07. The van der Waals surface area contributed by atoms with Crippen molar-refractivity contribution >= 4 is 11.6 Å². The molecule has 0 bridgehead atoms. The number of amides is 1. The number of aliphatic hydroxyl groups excluding tert-OH is 1. The molecule has 1 amide bonds. The van der Waals surface area contributed by atoms with E-state index in [-0.39, 0.29) is 30.3 Å². The third kappa shape index (κ3) is 3.36. The number of hydrogen-bond acceptors (Lipinski definition) is 4. The fraction of sp³-hybridized carbons (Fsp3) is 0.533. The van der Waals surface area contributed by atoms with Crippen molar-refractivity contribution in [3.05, 3.63) is 33.9 Å². The lowest BCUT2D eigenvalue weighted by Crippen LogP contribution is -2.37. The summed E-state index contributed by atoms with van der Waals surface area (Å²) in [5.74, 6) is -0.180. The number of nitrogens with zero attached hydrogens (tertiary/aromatic N) is 2. The van der Waals surface area contributed by atoms with Crippen molar-refractivity contribution in [2.45, 2.75) is 39.7 Å². The van der Waals surface area contributed by atoms with Crippen LogP contribution in [0.25, 0.3) is 5.65 Å². The summed E-state index contributed by atoms with van der Waals surface area (Å²) in [4.78, 5) is 28.6. The van der Waals surface area contributed by atoms with Crippen LogP contribution in [0.4, 0.5) is 0 Å². The van der Waals surface area contributed by atoms with Gasteiger partial charge in [0, 0.05) is 30.1 Å². The molecule has 0 aromatic carbocycles. The van der Waals surface area contributed by atoms with E-state index in [2.05, 4.69) is 15.4 Å². The highest BCUT2D eigenvalue weighted by atomic mass is 16.3. The molecule has 7 nitrogen and oxygen atoms in total. The average molecular weight is 306 g/mol. The molecule has 3 N–H and O–H groups in total. The number of nitrogens with one attached hydrogen (secondary N) is 2. The van der Waals surface area contributed by atoms with Crippen LogP contribution in [0.3, 0.4) is 0 Å². The molecule has 2 aromatic heterocycles. The zero-order valence-corrected chi connectivity index (χ0v) is 13.1. The Morgan fingerprint density at radius 2 is 2.27 bits per heavy atom. The van der Waals surface area contributed by atoms with Gasteiger partial charge in [0.05, 0.1) is 12.5 Å². The molecule has 0 aliphatic rings. The second-order valence-electron chi connectivity index (χ2n) is 5.57. The molecule has 0 spiro atoms. The summed E-state index contributed by atoms with van der Waals surface area (Å²) in [5, 5.41) is 15.3. The first-order chi connectivity index (χ1) is 10.4. The van der Waals surface area contributed by atoms with Crippen molar-refractivity contribution in [3.63, 3.8) is 0 Å². The molecule has 120 valence electrons. The van der Waals surface area contributed by atoms with Gasteiger partial charge in [-0.1, -0.05) is 20.3 Å². The fourth-order valence-electron chi connectivity index (χ4n) is 2.22. The Bertz CT molecular complexity index is 719. The maximum Gasteiger partial charge on any atom is 0.276 e. The lowest BCUT2D eigenvalue weighted by molar-refractivity contribution is -0.121. The highest BCUT2D eigenvalue weighted by Gasteiger charge is 2.16. The summed E-state index contributed by atoms with van der Waals surface area (Å²) in [6, 6.07) is 1.70. The number of H-pyrrole nitrogens is 1. The van der Waals surface area contributed by atoms with E-state index in [1.807, 2.05) is 13.8 Å². The van der Waals surface area contributed by atoms with Crippen LogP contribution in [-0.2, 0) is 11.2 Å². The summed E-state index contributed by atoms with van der Waals surface area (Å²) in [5.41, 5.74) is 1.15. The number of aromatic nitrogens is 3. The number of aryl methyl sites for hydroxylation is 1. The van der Waals surface area contributed by atoms with Crippen LogP contribution < -0.4 is 10.9 Å². The normalized spacial score (nSPS) is 14.0. The third-order valence-electron chi connectivity index (χ3n) is 3.99. The van der Waals surface area contributed by atoms with Gasteiger partial charge in [0.2, 0.25) is 5.91 Å². The lowest BCUT2D eigenvalue weighted by Gasteiger charge is -2.17. The molecule has 2 aromatic rings. The Labute approximate surface area is 128 Å². The summed E-state index contributed by atoms with van der Waals surface area (Å²) in [6.45, 7) is 5.81. The van der Waals surface area contributed by atoms with Crippen LogP contribution in [-0.4, -0.2) is 38.3 Å². The van der Waals surface area contributed by atoms with Gasteiger partial charge in [0.25, 0.3) is 5.56 Å². The van der Waals surface area contributed by atoms with Crippen molar-refractivity contribution in [2.24, 2.45) is 5.92 Å². The third-order valence-corrected chi connectivity index (χ3v) is 3.99. The first kappa shape index (κ1) is 16.2. The smallest absolute Gasteiger partial charge is 0.276 e. The van der Waals surface area contributed by atoms with Gasteiger partial charge in [-0.3, -0.25) is 14.7 Å². The molecule has 0 fully saturated rings. The molecule has 2 heterocycles. The molecule has 7 heteroatoms. The van der Waals surface area contributed by atoms with Gasteiger partial charge in [-0.05, 0) is 12.8 Å². The highest BCUT2D eigenvalue weighted by Crippen LogP contribution is 2.07. The minimum absolute atomic E-state index is 0.0488. The molecular weight excluding hydrogens is 284 g/mol. The SMILES string of the molecule is CCC(C)C(O)CNC(=O)Cc1c(C)nc2cc[nH]n2c1=O. The minimum atomic E-state index is -0.583. The summed E-state index contributed by atoms with van der Waals surface area (Å²) < 4.78 is 1.31. The van der Waals surface area contributed by atoms with Crippen molar-refractivity contribution in [1.82, 2.24) is 19.9 Å². The summed E-state index contributed by atoms with van der Waals surface area (Å²) in [6.07, 6.45) is 1.83. The van der Waals surface area contributed by atoms with Gasteiger partial charge < -0.3 is 10.4 Å². The van der Waals surface area contributed by atoms with E-state index in [9.17, 15) is 14.7 Å².